The lowest BCUT2D eigenvalue weighted by atomic mass is 9.94. The van der Waals surface area contributed by atoms with Crippen LogP contribution in [-0.2, 0) is 4.79 Å². The fourth-order valence-corrected chi connectivity index (χ4v) is 2.67. The molecule has 2 aliphatic rings. The standard InChI is InChI=1S/C13H24N2O2/c1-2-5-15-8-11(13(16)17)6-12(9-15)14-7-10-3-4-10/h10-12,14H,2-9H2,1H3,(H,16,17). The molecule has 4 heteroatoms. The zero-order chi connectivity index (χ0) is 12.3. The van der Waals surface area contributed by atoms with Crippen molar-refractivity contribution >= 4 is 5.97 Å². The van der Waals surface area contributed by atoms with Crippen molar-refractivity contribution in [2.75, 3.05) is 26.2 Å². The fraction of sp³-hybridized carbons (Fsp3) is 0.923. The van der Waals surface area contributed by atoms with Gasteiger partial charge < -0.3 is 15.3 Å². The van der Waals surface area contributed by atoms with Crippen molar-refractivity contribution in [2.24, 2.45) is 11.8 Å². The molecular formula is C13H24N2O2. The number of hydrogen-bond acceptors (Lipinski definition) is 3. The van der Waals surface area contributed by atoms with Crippen molar-refractivity contribution in [3.05, 3.63) is 0 Å². The highest BCUT2D eigenvalue weighted by Gasteiger charge is 2.32. The van der Waals surface area contributed by atoms with Gasteiger partial charge in [-0.3, -0.25) is 4.79 Å². The van der Waals surface area contributed by atoms with Crippen molar-refractivity contribution in [1.82, 2.24) is 10.2 Å². The van der Waals surface area contributed by atoms with Gasteiger partial charge in [0, 0.05) is 19.1 Å². The zero-order valence-corrected chi connectivity index (χ0v) is 10.7. The molecule has 17 heavy (non-hydrogen) atoms. The molecule has 4 nitrogen and oxygen atoms in total. The summed E-state index contributed by atoms with van der Waals surface area (Å²) in [5.74, 6) is 0.0378. The lowest BCUT2D eigenvalue weighted by molar-refractivity contribution is -0.144. The minimum Gasteiger partial charge on any atom is -0.481 e. The van der Waals surface area contributed by atoms with Crippen LogP contribution in [0.15, 0.2) is 0 Å². The van der Waals surface area contributed by atoms with Crippen molar-refractivity contribution < 1.29 is 9.90 Å². The van der Waals surface area contributed by atoms with Crippen LogP contribution in [0.5, 0.6) is 0 Å². The first kappa shape index (κ1) is 12.8. The van der Waals surface area contributed by atoms with Gasteiger partial charge in [-0.05, 0) is 44.7 Å². The first-order valence-corrected chi connectivity index (χ1v) is 6.87. The molecule has 1 saturated heterocycles. The number of carboxylic acid groups (broad SMARTS) is 1. The third kappa shape index (κ3) is 3.96. The van der Waals surface area contributed by atoms with E-state index in [9.17, 15) is 9.90 Å². The normalized spacial score (nSPS) is 30.4. The van der Waals surface area contributed by atoms with Gasteiger partial charge in [-0.25, -0.2) is 0 Å². The molecule has 1 aliphatic carbocycles. The second-order valence-corrected chi connectivity index (χ2v) is 5.58. The van der Waals surface area contributed by atoms with Gasteiger partial charge in [-0.2, -0.15) is 0 Å². The molecule has 0 spiro atoms. The first-order valence-electron chi connectivity index (χ1n) is 6.87. The lowest BCUT2D eigenvalue weighted by Gasteiger charge is -2.36. The van der Waals surface area contributed by atoms with E-state index in [-0.39, 0.29) is 5.92 Å². The topological polar surface area (TPSA) is 52.6 Å². The molecule has 98 valence electrons. The Labute approximate surface area is 103 Å². The van der Waals surface area contributed by atoms with Crippen LogP contribution in [-0.4, -0.2) is 48.2 Å². The predicted octanol–water partition coefficient (Wildman–Crippen LogP) is 1.17. The smallest absolute Gasteiger partial charge is 0.307 e. The largest absolute Gasteiger partial charge is 0.481 e. The fourth-order valence-electron chi connectivity index (χ4n) is 2.67. The van der Waals surface area contributed by atoms with Crippen LogP contribution >= 0.6 is 0 Å². The lowest BCUT2D eigenvalue weighted by Crippen LogP contribution is -2.51. The number of nitrogens with zero attached hydrogens (tertiary/aromatic N) is 1. The zero-order valence-electron chi connectivity index (χ0n) is 10.7. The van der Waals surface area contributed by atoms with Gasteiger partial charge in [0.25, 0.3) is 0 Å². The highest BCUT2D eigenvalue weighted by Crippen LogP contribution is 2.28. The number of nitrogens with one attached hydrogen (secondary N) is 1. The van der Waals surface area contributed by atoms with E-state index in [1.807, 2.05) is 0 Å². The third-order valence-electron chi connectivity index (χ3n) is 3.81. The maximum Gasteiger partial charge on any atom is 0.307 e. The number of aliphatic carboxylic acids is 1. The molecule has 1 saturated carbocycles. The van der Waals surface area contributed by atoms with E-state index in [0.717, 1.165) is 44.9 Å². The summed E-state index contributed by atoms with van der Waals surface area (Å²) >= 11 is 0. The van der Waals surface area contributed by atoms with E-state index in [1.165, 1.54) is 12.8 Å². The summed E-state index contributed by atoms with van der Waals surface area (Å²) in [7, 11) is 0. The second-order valence-electron chi connectivity index (χ2n) is 5.58. The summed E-state index contributed by atoms with van der Waals surface area (Å²) in [4.78, 5) is 13.4. The molecule has 1 heterocycles. The first-order chi connectivity index (χ1) is 8.19. The molecule has 0 aromatic heterocycles. The molecule has 2 atom stereocenters. The van der Waals surface area contributed by atoms with Crippen LogP contribution in [0.25, 0.3) is 0 Å². The van der Waals surface area contributed by atoms with E-state index in [4.69, 9.17) is 0 Å². The Morgan fingerprint density at radius 3 is 2.76 bits per heavy atom. The van der Waals surface area contributed by atoms with Gasteiger partial charge in [0.15, 0.2) is 0 Å². The summed E-state index contributed by atoms with van der Waals surface area (Å²) in [6, 6.07) is 0.372. The molecule has 2 fully saturated rings. The molecule has 0 aromatic carbocycles. The number of carboxylic acids is 1. The average molecular weight is 240 g/mol. The summed E-state index contributed by atoms with van der Waals surface area (Å²) < 4.78 is 0. The summed E-state index contributed by atoms with van der Waals surface area (Å²) in [6.45, 7) is 5.99. The molecule has 2 N–H and O–H groups in total. The summed E-state index contributed by atoms with van der Waals surface area (Å²) in [6.07, 6.45) is 4.59. The Bertz CT molecular complexity index is 266. The molecule has 0 radical (unpaired) electrons. The van der Waals surface area contributed by atoms with E-state index >= 15 is 0 Å². The van der Waals surface area contributed by atoms with Gasteiger partial charge in [-0.15, -0.1) is 0 Å². The van der Waals surface area contributed by atoms with Crippen LogP contribution in [0.2, 0.25) is 0 Å². The summed E-state index contributed by atoms with van der Waals surface area (Å²) in [5.41, 5.74) is 0. The van der Waals surface area contributed by atoms with Gasteiger partial charge in [0.05, 0.1) is 5.92 Å². The Hall–Kier alpha value is -0.610. The van der Waals surface area contributed by atoms with Crippen LogP contribution in [0.4, 0.5) is 0 Å². The van der Waals surface area contributed by atoms with Gasteiger partial charge in [0.1, 0.15) is 0 Å². The van der Waals surface area contributed by atoms with E-state index < -0.39 is 5.97 Å². The molecule has 2 unspecified atom stereocenters. The van der Waals surface area contributed by atoms with Gasteiger partial charge in [-0.1, -0.05) is 6.92 Å². The monoisotopic (exact) mass is 240 g/mol. The van der Waals surface area contributed by atoms with E-state index in [1.54, 1.807) is 0 Å². The minimum absolute atomic E-state index is 0.188. The molecule has 0 amide bonds. The van der Waals surface area contributed by atoms with Crippen LogP contribution < -0.4 is 5.32 Å². The van der Waals surface area contributed by atoms with Crippen LogP contribution in [0.1, 0.15) is 32.6 Å². The quantitative estimate of drug-likeness (QED) is 0.732. The molecule has 0 bridgehead atoms. The Balaban J connectivity index is 1.83. The predicted molar refractivity (Wildman–Crippen MR) is 67.0 cm³/mol. The number of likely N-dealkylation sites (tertiary alicyclic amines) is 1. The molecule has 1 aliphatic heterocycles. The van der Waals surface area contributed by atoms with Gasteiger partial charge >= 0.3 is 5.97 Å². The highest BCUT2D eigenvalue weighted by atomic mass is 16.4. The Kier molecular flexibility index (Phi) is 4.40. The van der Waals surface area contributed by atoms with E-state index in [2.05, 4.69) is 17.1 Å². The maximum atomic E-state index is 11.1. The van der Waals surface area contributed by atoms with Crippen molar-refractivity contribution in [3.63, 3.8) is 0 Å². The second kappa shape index (κ2) is 5.83. The molecule has 0 aromatic rings. The van der Waals surface area contributed by atoms with Crippen LogP contribution in [0.3, 0.4) is 0 Å². The Morgan fingerprint density at radius 1 is 1.41 bits per heavy atom. The van der Waals surface area contributed by atoms with Gasteiger partial charge in [0.2, 0.25) is 0 Å². The number of carbonyl (C=O) groups is 1. The number of hydrogen-bond donors (Lipinski definition) is 2. The van der Waals surface area contributed by atoms with Crippen molar-refractivity contribution in [3.8, 4) is 0 Å². The van der Waals surface area contributed by atoms with Crippen LogP contribution in [0, 0.1) is 11.8 Å². The molecule has 2 rings (SSSR count). The SMILES string of the molecule is CCCN1CC(NCC2CC2)CC(C(=O)O)C1. The number of piperidine rings is 1. The minimum atomic E-state index is -0.635. The third-order valence-corrected chi connectivity index (χ3v) is 3.81. The maximum absolute atomic E-state index is 11.1. The van der Waals surface area contributed by atoms with Crippen molar-refractivity contribution in [1.29, 1.82) is 0 Å². The summed E-state index contributed by atoms with van der Waals surface area (Å²) in [5, 5.41) is 12.7. The average Bonchev–Trinajstić information content (AvgIpc) is 3.10. The van der Waals surface area contributed by atoms with Crippen molar-refractivity contribution in [2.45, 2.75) is 38.6 Å². The Morgan fingerprint density at radius 2 is 2.18 bits per heavy atom. The highest BCUT2D eigenvalue weighted by molar-refractivity contribution is 5.70. The number of rotatable bonds is 6. The molecular weight excluding hydrogens is 216 g/mol. The van der Waals surface area contributed by atoms with E-state index in [0.29, 0.717) is 6.04 Å².